The molecule has 2 aliphatic heterocycles. The van der Waals surface area contributed by atoms with Crippen LogP contribution in [0, 0.1) is 0 Å². The lowest BCUT2D eigenvalue weighted by Gasteiger charge is -2.34. The normalized spacial score (nSPS) is 20.8. The lowest BCUT2D eigenvalue weighted by molar-refractivity contribution is -0.134. The van der Waals surface area contributed by atoms with Crippen LogP contribution in [0.5, 0.6) is 0 Å². The number of rotatable bonds is 4. The number of nitrogens with zero attached hydrogens (tertiary/aromatic N) is 3. The predicted molar refractivity (Wildman–Crippen MR) is 103 cm³/mol. The van der Waals surface area contributed by atoms with Gasteiger partial charge in [0.1, 0.15) is 10.7 Å². The van der Waals surface area contributed by atoms with E-state index in [9.17, 15) is 13.2 Å². The third-order valence-electron chi connectivity index (χ3n) is 4.68. The Kier molecular flexibility index (Phi) is 6.65. The highest BCUT2D eigenvalue weighted by atomic mass is 35.5. The van der Waals surface area contributed by atoms with Crippen molar-refractivity contribution < 1.29 is 13.2 Å². The first-order chi connectivity index (χ1) is 11.9. The fraction of sp³-hybridized carbons (Fsp3) is 0.529. The Bertz CT molecular complexity index is 797. The molecular weight excluding hydrogens is 376 g/mol. The molecule has 0 aliphatic carbocycles. The van der Waals surface area contributed by atoms with Gasteiger partial charge in [-0.25, -0.2) is 0 Å². The molecule has 26 heavy (non-hydrogen) atoms. The molecule has 1 aromatic rings. The molecule has 0 bridgehead atoms. The molecule has 2 aliphatic rings. The SMILES string of the molecule is CC1CNCCN1C(=O)CCCN(C)C1=NS(=O)(=O)c2ccccc21.Cl. The molecule has 0 spiro atoms. The Labute approximate surface area is 160 Å². The first-order valence-electron chi connectivity index (χ1n) is 8.56. The van der Waals surface area contributed by atoms with Crippen LogP contribution in [0.3, 0.4) is 0 Å². The Morgan fingerprint density at radius 3 is 2.85 bits per heavy atom. The molecule has 1 saturated heterocycles. The quantitative estimate of drug-likeness (QED) is 0.818. The van der Waals surface area contributed by atoms with Crippen molar-refractivity contribution in [1.29, 1.82) is 0 Å². The third-order valence-corrected chi connectivity index (χ3v) is 6.00. The highest BCUT2D eigenvalue weighted by molar-refractivity contribution is 7.90. The van der Waals surface area contributed by atoms with Gasteiger partial charge < -0.3 is 15.1 Å². The van der Waals surface area contributed by atoms with Crippen molar-refractivity contribution in [2.45, 2.75) is 30.7 Å². The number of piperazine rings is 1. The van der Waals surface area contributed by atoms with Gasteiger partial charge in [0.25, 0.3) is 10.0 Å². The van der Waals surface area contributed by atoms with Crippen molar-refractivity contribution in [2.24, 2.45) is 4.40 Å². The van der Waals surface area contributed by atoms with Gasteiger partial charge in [-0.1, -0.05) is 12.1 Å². The Morgan fingerprint density at radius 2 is 2.12 bits per heavy atom. The number of amidine groups is 1. The molecule has 0 saturated carbocycles. The number of fused-ring (bicyclic) bond motifs is 1. The highest BCUT2D eigenvalue weighted by Gasteiger charge is 2.30. The van der Waals surface area contributed by atoms with Crippen molar-refractivity contribution in [2.75, 3.05) is 33.2 Å². The minimum Gasteiger partial charge on any atom is -0.358 e. The number of hydrogen-bond donors (Lipinski definition) is 1. The summed E-state index contributed by atoms with van der Waals surface area (Å²) in [5, 5.41) is 3.27. The van der Waals surface area contributed by atoms with E-state index in [0.29, 0.717) is 30.8 Å². The molecule has 2 heterocycles. The molecule has 144 valence electrons. The van der Waals surface area contributed by atoms with Gasteiger partial charge in [0.05, 0.1) is 0 Å². The number of halogens is 1. The van der Waals surface area contributed by atoms with Gasteiger partial charge in [-0.2, -0.15) is 8.42 Å². The van der Waals surface area contributed by atoms with Gasteiger partial charge in [-0.05, 0) is 25.5 Å². The second-order valence-corrected chi connectivity index (χ2v) is 8.12. The van der Waals surface area contributed by atoms with Crippen molar-refractivity contribution >= 4 is 34.2 Å². The van der Waals surface area contributed by atoms with E-state index in [2.05, 4.69) is 9.71 Å². The summed E-state index contributed by atoms with van der Waals surface area (Å²) in [4.78, 5) is 16.4. The van der Waals surface area contributed by atoms with Crippen LogP contribution in [-0.4, -0.2) is 69.2 Å². The molecule has 1 aromatic carbocycles. The zero-order valence-electron chi connectivity index (χ0n) is 15.0. The van der Waals surface area contributed by atoms with Crippen molar-refractivity contribution in [3.05, 3.63) is 29.8 Å². The van der Waals surface area contributed by atoms with E-state index < -0.39 is 10.0 Å². The van der Waals surface area contributed by atoms with Crippen molar-refractivity contribution in [3.8, 4) is 0 Å². The summed E-state index contributed by atoms with van der Waals surface area (Å²) in [6, 6.07) is 7.06. The minimum absolute atomic E-state index is 0. The van der Waals surface area contributed by atoms with Crippen molar-refractivity contribution in [1.82, 2.24) is 15.1 Å². The summed E-state index contributed by atoms with van der Waals surface area (Å²) in [6.07, 6.45) is 1.11. The molecule has 1 amide bonds. The van der Waals surface area contributed by atoms with E-state index >= 15 is 0 Å². The fourth-order valence-electron chi connectivity index (χ4n) is 3.29. The predicted octanol–water partition coefficient (Wildman–Crippen LogP) is 1.09. The van der Waals surface area contributed by atoms with Crippen LogP contribution in [0.25, 0.3) is 0 Å². The summed E-state index contributed by atoms with van der Waals surface area (Å²) in [7, 11) is -1.79. The van der Waals surface area contributed by atoms with E-state index in [1.54, 1.807) is 24.3 Å². The molecule has 9 heteroatoms. The second kappa shape index (κ2) is 8.37. The van der Waals surface area contributed by atoms with Gasteiger partial charge in [-0.15, -0.1) is 16.8 Å². The topological polar surface area (TPSA) is 82.1 Å². The molecular formula is C17H25ClN4O3S. The Morgan fingerprint density at radius 1 is 1.38 bits per heavy atom. The van der Waals surface area contributed by atoms with Crippen LogP contribution in [0.1, 0.15) is 25.3 Å². The maximum atomic E-state index is 12.4. The number of carbonyl (C=O) groups is 1. The summed E-state index contributed by atoms with van der Waals surface area (Å²) < 4.78 is 28.1. The number of carbonyl (C=O) groups excluding carboxylic acids is 1. The van der Waals surface area contributed by atoms with E-state index in [0.717, 1.165) is 19.6 Å². The highest BCUT2D eigenvalue weighted by Crippen LogP contribution is 2.27. The number of nitrogens with one attached hydrogen (secondary N) is 1. The Hall–Kier alpha value is -1.64. The third kappa shape index (κ3) is 4.19. The lowest BCUT2D eigenvalue weighted by atomic mass is 10.1. The average molecular weight is 401 g/mol. The monoisotopic (exact) mass is 400 g/mol. The smallest absolute Gasteiger partial charge is 0.285 e. The summed E-state index contributed by atoms with van der Waals surface area (Å²) in [5.74, 6) is 0.613. The molecule has 0 radical (unpaired) electrons. The first-order valence-corrected chi connectivity index (χ1v) is 10.00. The second-order valence-electron chi connectivity index (χ2n) is 6.55. The van der Waals surface area contributed by atoms with Gasteiger partial charge in [-0.3, -0.25) is 4.79 Å². The van der Waals surface area contributed by atoms with Crippen molar-refractivity contribution in [3.63, 3.8) is 0 Å². The van der Waals surface area contributed by atoms with Crippen LogP contribution < -0.4 is 5.32 Å². The van der Waals surface area contributed by atoms with Crippen LogP contribution in [-0.2, 0) is 14.8 Å². The zero-order chi connectivity index (χ0) is 18.0. The molecule has 0 aromatic heterocycles. The van der Waals surface area contributed by atoms with Gasteiger partial charge >= 0.3 is 0 Å². The molecule has 1 fully saturated rings. The van der Waals surface area contributed by atoms with Crippen LogP contribution in [0.15, 0.2) is 33.6 Å². The minimum atomic E-state index is -3.60. The van der Waals surface area contributed by atoms with Crippen LogP contribution in [0.2, 0.25) is 0 Å². The van der Waals surface area contributed by atoms with E-state index in [-0.39, 0.29) is 29.3 Å². The average Bonchev–Trinajstić information content (AvgIpc) is 2.87. The first kappa shape index (κ1) is 20.7. The fourth-order valence-corrected chi connectivity index (χ4v) is 4.54. The van der Waals surface area contributed by atoms with Crippen LogP contribution in [0.4, 0.5) is 0 Å². The van der Waals surface area contributed by atoms with Gasteiger partial charge in [0.15, 0.2) is 0 Å². The molecule has 1 atom stereocenters. The van der Waals surface area contributed by atoms with Gasteiger partial charge in [0, 0.05) is 51.3 Å². The zero-order valence-corrected chi connectivity index (χ0v) is 16.6. The molecule has 7 nitrogen and oxygen atoms in total. The summed E-state index contributed by atoms with van der Waals surface area (Å²) in [6.45, 7) is 5.03. The van der Waals surface area contributed by atoms with E-state index in [1.807, 2.05) is 23.8 Å². The summed E-state index contributed by atoms with van der Waals surface area (Å²) >= 11 is 0. The standard InChI is InChI=1S/C17H24N4O3S.ClH/c1-13-12-18-9-11-21(13)16(22)8-5-10-20(2)17-14-6-3-4-7-15(14)25(23,24)19-17;/h3-4,6-7,13,18H,5,8-12H2,1-2H3;1H. The molecule has 3 rings (SSSR count). The number of hydrogen-bond acceptors (Lipinski definition) is 5. The lowest BCUT2D eigenvalue weighted by Crippen LogP contribution is -2.52. The molecule has 1 unspecified atom stereocenters. The number of benzene rings is 1. The van der Waals surface area contributed by atoms with E-state index in [1.165, 1.54) is 0 Å². The van der Waals surface area contributed by atoms with Crippen LogP contribution >= 0.6 is 12.4 Å². The maximum Gasteiger partial charge on any atom is 0.285 e. The molecule has 1 N–H and O–H groups in total. The summed E-state index contributed by atoms with van der Waals surface area (Å²) in [5.41, 5.74) is 0.632. The maximum absolute atomic E-state index is 12.4. The number of amides is 1. The van der Waals surface area contributed by atoms with E-state index in [4.69, 9.17) is 0 Å². The largest absolute Gasteiger partial charge is 0.358 e. The van der Waals surface area contributed by atoms with Gasteiger partial charge in [0.2, 0.25) is 5.91 Å². The Balaban J connectivity index is 0.00000243. The number of sulfonamides is 1.